The highest BCUT2D eigenvalue weighted by atomic mass is 35.5. The zero-order chi connectivity index (χ0) is 23.7. The van der Waals surface area contributed by atoms with Gasteiger partial charge in [-0.2, -0.15) is 0 Å². The second-order valence-electron chi connectivity index (χ2n) is 8.20. The molecule has 8 heteroatoms. The summed E-state index contributed by atoms with van der Waals surface area (Å²) in [7, 11) is 1.63. The smallest absolute Gasteiger partial charge is 0.255 e. The Bertz CT molecular complexity index is 1390. The van der Waals surface area contributed by atoms with Crippen molar-refractivity contribution in [1.29, 1.82) is 0 Å². The number of benzene rings is 2. The van der Waals surface area contributed by atoms with Crippen molar-refractivity contribution >= 4 is 23.2 Å². The molecule has 5 rings (SSSR count). The summed E-state index contributed by atoms with van der Waals surface area (Å²) in [6.45, 7) is 2.05. The quantitative estimate of drug-likeness (QED) is 0.405. The molecule has 0 spiro atoms. The fourth-order valence-electron chi connectivity index (χ4n) is 4.18. The molecule has 6 nitrogen and oxygen atoms in total. The van der Waals surface area contributed by atoms with Crippen LogP contribution in [0.15, 0.2) is 65.6 Å². The molecule has 0 radical (unpaired) electrons. The Morgan fingerprint density at radius 1 is 1.06 bits per heavy atom. The van der Waals surface area contributed by atoms with E-state index in [0.29, 0.717) is 35.4 Å². The predicted molar refractivity (Wildman–Crippen MR) is 134 cm³/mol. The summed E-state index contributed by atoms with van der Waals surface area (Å²) in [5.74, 6) is 1.30. The summed E-state index contributed by atoms with van der Waals surface area (Å²) in [5.41, 5.74) is 5.03. The molecule has 34 heavy (non-hydrogen) atoms. The molecule has 0 atom stereocenters. The van der Waals surface area contributed by atoms with Crippen molar-refractivity contribution in [2.24, 2.45) is 0 Å². The maximum Gasteiger partial charge on any atom is 0.255 e. The molecule has 0 aliphatic carbocycles. The fourth-order valence-corrected chi connectivity index (χ4v) is 4.47. The second-order valence-corrected chi connectivity index (χ2v) is 9.08. The van der Waals surface area contributed by atoms with E-state index in [4.69, 9.17) is 32.9 Å². The van der Waals surface area contributed by atoms with Gasteiger partial charge in [0.25, 0.3) is 5.56 Å². The minimum atomic E-state index is -0.0961. The van der Waals surface area contributed by atoms with Crippen LogP contribution in [0, 0.1) is 0 Å². The Morgan fingerprint density at radius 2 is 1.85 bits per heavy atom. The number of fused-ring (bicyclic) bond motifs is 1. The van der Waals surface area contributed by atoms with Gasteiger partial charge in [0, 0.05) is 53.4 Å². The number of halogens is 2. The van der Waals surface area contributed by atoms with E-state index in [2.05, 4.69) is 14.9 Å². The summed E-state index contributed by atoms with van der Waals surface area (Å²) in [5, 5.41) is 1.28. The Kier molecular flexibility index (Phi) is 6.37. The van der Waals surface area contributed by atoms with Gasteiger partial charge < -0.3 is 9.72 Å². The lowest BCUT2D eigenvalue weighted by atomic mass is 10.1. The van der Waals surface area contributed by atoms with Crippen LogP contribution >= 0.6 is 23.2 Å². The first-order valence-electron chi connectivity index (χ1n) is 10.9. The van der Waals surface area contributed by atoms with E-state index in [1.807, 2.05) is 42.6 Å². The number of hydrogen-bond acceptors (Lipinski definition) is 5. The van der Waals surface area contributed by atoms with E-state index >= 15 is 0 Å². The number of pyridine rings is 1. The van der Waals surface area contributed by atoms with Crippen molar-refractivity contribution in [3.05, 3.63) is 98.0 Å². The minimum Gasteiger partial charge on any atom is -0.496 e. The van der Waals surface area contributed by atoms with Crippen molar-refractivity contribution in [1.82, 2.24) is 19.9 Å². The van der Waals surface area contributed by atoms with Crippen molar-refractivity contribution in [3.63, 3.8) is 0 Å². The van der Waals surface area contributed by atoms with E-state index in [0.717, 1.165) is 45.9 Å². The lowest BCUT2D eigenvalue weighted by molar-refractivity contribution is 0.241. The zero-order valence-corrected chi connectivity index (χ0v) is 20.0. The molecule has 2 aromatic heterocycles. The highest BCUT2D eigenvalue weighted by Gasteiger charge is 2.22. The average molecular weight is 493 g/mol. The Morgan fingerprint density at radius 3 is 2.59 bits per heavy atom. The average Bonchev–Trinajstić information content (AvgIpc) is 2.85. The Labute approximate surface area is 207 Å². The molecule has 0 bridgehead atoms. The molecule has 0 fully saturated rings. The van der Waals surface area contributed by atoms with Gasteiger partial charge in [-0.3, -0.25) is 14.7 Å². The maximum absolute atomic E-state index is 12.8. The molecule has 3 heterocycles. The summed E-state index contributed by atoms with van der Waals surface area (Å²) in [4.78, 5) is 27.3. The van der Waals surface area contributed by atoms with Gasteiger partial charge in [-0.25, -0.2) is 4.98 Å². The normalized spacial score (nSPS) is 13.5. The third-order valence-electron chi connectivity index (χ3n) is 5.93. The summed E-state index contributed by atoms with van der Waals surface area (Å²) in [6, 6.07) is 16.8. The standard InChI is InChI=1S/C26H22Cl2N4O2/c1-34-24-9-7-19(28)12-20(24)22-8-2-16(13-29-22)14-32-11-10-23-21(15-32)26(33)31-25(30-23)17-3-5-18(27)6-4-17/h2-9,12-13H,10-11,14-15H2,1H3,(H,30,31,33). The second kappa shape index (κ2) is 9.58. The van der Waals surface area contributed by atoms with E-state index in [-0.39, 0.29) is 5.56 Å². The number of nitrogens with zero attached hydrogens (tertiary/aromatic N) is 3. The lowest BCUT2D eigenvalue weighted by Crippen LogP contribution is -2.35. The molecule has 1 aliphatic rings. The molecule has 4 aromatic rings. The van der Waals surface area contributed by atoms with Gasteiger partial charge in [-0.15, -0.1) is 0 Å². The highest BCUT2D eigenvalue weighted by Crippen LogP contribution is 2.31. The van der Waals surface area contributed by atoms with Crippen LogP contribution in [-0.2, 0) is 19.5 Å². The van der Waals surface area contributed by atoms with Gasteiger partial charge in [0.2, 0.25) is 0 Å². The minimum absolute atomic E-state index is 0.0961. The largest absolute Gasteiger partial charge is 0.496 e. The third kappa shape index (κ3) is 4.71. The molecular weight excluding hydrogens is 471 g/mol. The first kappa shape index (κ1) is 22.6. The van der Waals surface area contributed by atoms with Crippen LogP contribution in [0.4, 0.5) is 0 Å². The predicted octanol–water partition coefficient (Wildman–Crippen LogP) is 5.37. The number of hydrogen-bond donors (Lipinski definition) is 1. The zero-order valence-electron chi connectivity index (χ0n) is 18.5. The third-order valence-corrected chi connectivity index (χ3v) is 6.42. The number of nitrogens with one attached hydrogen (secondary N) is 1. The van der Waals surface area contributed by atoms with Gasteiger partial charge in [-0.05, 0) is 54.1 Å². The lowest BCUT2D eigenvalue weighted by Gasteiger charge is -2.27. The molecule has 0 amide bonds. The molecule has 1 N–H and O–H groups in total. The number of H-pyrrole nitrogens is 1. The van der Waals surface area contributed by atoms with Gasteiger partial charge in [0.15, 0.2) is 0 Å². The monoisotopic (exact) mass is 492 g/mol. The Hall–Kier alpha value is -3.19. The molecule has 2 aromatic carbocycles. The van der Waals surface area contributed by atoms with Crippen LogP contribution in [-0.4, -0.2) is 33.5 Å². The van der Waals surface area contributed by atoms with E-state index in [1.54, 1.807) is 25.3 Å². The van der Waals surface area contributed by atoms with Crippen molar-refractivity contribution in [2.75, 3.05) is 13.7 Å². The van der Waals surface area contributed by atoms with Gasteiger partial charge in [0.05, 0.1) is 24.1 Å². The van der Waals surface area contributed by atoms with Crippen LogP contribution in [0.3, 0.4) is 0 Å². The van der Waals surface area contributed by atoms with E-state index in [9.17, 15) is 4.79 Å². The number of aromatic amines is 1. The molecule has 1 aliphatic heterocycles. The van der Waals surface area contributed by atoms with Crippen molar-refractivity contribution in [2.45, 2.75) is 19.5 Å². The van der Waals surface area contributed by atoms with Crippen LogP contribution < -0.4 is 10.3 Å². The van der Waals surface area contributed by atoms with Crippen LogP contribution in [0.2, 0.25) is 10.0 Å². The number of rotatable bonds is 5. The van der Waals surface area contributed by atoms with E-state index < -0.39 is 0 Å². The fraction of sp³-hybridized carbons (Fsp3) is 0.192. The first-order valence-corrected chi connectivity index (χ1v) is 11.6. The summed E-state index contributed by atoms with van der Waals surface area (Å²) in [6.07, 6.45) is 2.57. The Balaban J connectivity index is 1.32. The molecule has 0 saturated carbocycles. The number of methoxy groups -OCH3 is 1. The number of aromatic nitrogens is 3. The van der Waals surface area contributed by atoms with Gasteiger partial charge in [-0.1, -0.05) is 29.3 Å². The first-order chi connectivity index (χ1) is 16.5. The van der Waals surface area contributed by atoms with Crippen LogP contribution in [0.5, 0.6) is 5.75 Å². The maximum atomic E-state index is 12.8. The SMILES string of the molecule is COc1ccc(Cl)cc1-c1ccc(CN2CCc3nc(-c4ccc(Cl)cc4)[nH]c(=O)c3C2)cn1. The molecular formula is C26H22Cl2N4O2. The van der Waals surface area contributed by atoms with Gasteiger partial charge >= 0.3 is 0 Å². The van der Waals surface area contributed by atoms with Crippen molar-refractivity contribution < 1.29 is 4.74 Å². The van der Waals surface area contributed by atoms with Crippen LogP contribution in [0.1, 0.15) is 16.8 Å². The topological polar surface area (TPSA) is 71.1 Å². The van der Waals surface area contributed by atoms with Gasteiger partial charge in [0.1, 0.15) is 11.6 Å². The van der Waals surface area contributed by atoms with Crippen LogP contribution in [0.25, 0.3) is 22.6 Å². The molecule has 0 saturated heterocycles. The molecule has 0 unspecified atom stereocenters. The van der Waals surface area contributed by atoms with Crippen molar-refractivity contribution in [3.8, 4) is 28.4 Å². The summed E-state index contributed by atoms with van der Waals surface area (Å²) < 4.78 is 5.44. The highest BCUT2D eigenvalue weighted by molar-refractivity contribution is 6.31. The molecule has 172 valence electrons. The van der Waals surface area contributed by atoms with E-state index in [1.165, 1.54) is 0 Å². The summed E-state index contributed by atoms with van der Waals surface area (Å²) >= 11 is 12.1. The number of ether oxygens (including phenoxy) is 1.